The van der Waals surface area contributed by atoms with E-state index < -0.39 is 21.8 Å². The Morgan fingerprint density at radius 3 is 2.15 bits per heavy atom. The molecule has 1 aliphatic heterocycles. The zero-order valence-electron chi connectivity index (χ0n) is 20.4. The van der Waals surface area contributed by atoms with Crippen molar-refractivity contribution in [3.63, 3.8) is 0 Å². The lowest BCUT2D eigenvalue weighted by Gasteiger charge is -2.37. The molecule has 0 spiro atoms. The topological polar surface area (TPSA) is 103 Å². The van der Waals surface area contributed by atoms with Gasteiger partial charge in [-0.3, -0.25) is 4.72 Å². The number of pyridine rings is 1. The highest BCUT2D eigenvalue weighted by atomic mass is 35.5. The van der Waals surface area contributed by atoms with Crippen LogP contribution in [-0.2, 0) is 10.0 Å². The minimum absolute atomic E-state index is 0. The maximum absolute atomic E-state index is 13.5. The van der Waals surface area contributed by atoms with Gasteiger partial charge in [0.2, 0.25) is 0 Å². The lowest BCUT2D eigenvalue weighted by molar-refractivity contribution is 0.0699. The van der Waals surface area contributed by atoms with E-state index in [0.29, 0.717) is 29.8 Å². The number of fused-ring (bicyclic) bond motifs is 1. The molecule has 0 aliphatic carbocycles. The second kappa shape index (κ2) is 13.2. The molecule has 0 saturated carbocycles. The third-order valence-corrected chi connectivity index (χ3v) is 7.49. The first-order valence-electron chi connectivity index (χ1n) is 11.3. The van der Waals surface area contributed by atoms with Gasteiger partial charge in [-0.2, -0.15) is 0 Å². The summed E-state index contributed by atoms with van der Waals surface area (Å²) in [5.74, 6) is -1.26. The molecule has 208 valence electrons. The first-order chi connectivity index (χ1) is 17.3. The molecular weight excluding hydrogens is 590 g/mol. The third-order valence-electron chi connectivity index (χ3n) is 6.11. The summed E-state index contributed by atoms with van der Waals surface area (Å²) in [7, 11) is -4.06. The van der Waals surface area contributed by atoms with E-state index in [4.69, 9.17) is 0 Å². The standard InChI is InChI=1S/C26H23FN4O4S.3ClH/c27-18-5-4-8-21(15-18)36(34,35)29-19-9-10-24-22(16-19)23(26(32)33)17-25(28-24)31-13-11-30(12-14-31)20-6-2-1-3-7-20;;;/h1-10,15-17,29H,11-14H2,(H,32,33);3*1H. The minimum atomic E-state index is -4.06. The van der Waals surface area contributed by atoms with E-state index in [1.165, 1.54) is 30.3 Å². The SMILES string of the molecule is Cl.Cl.Cl.O=C(O)c1cc(N2CCN(c3ccccc3)CC2)nc2ccc(NS(=O)(=O)c3cccc(F)c3)cc12. The van der Waals surface area contributed by atoms with Crippen molar-refractivity contribution < 1.29 is 22.7 Å². The quantitative estimate of drug-likeness (QED) is 0.297. The largest absolute Gasteiger partial charge is 0.478 e. The van der Waals surface area contributed by atoms with Crippen molar-refractivity contribution in [3.8, 4) is 0 Å². The van der Waals surface area contributed by atoms with E-state index >= 15 is 0 Å². The number of benzene rings is 3. The smallest absolute Gasteiger partial charge is 0.336 e. The van der Waals surface area contributed by atoms with Crippen LogP contribution in [0.1, 0.15) is 10.4 Å². The van der Waals surface area contributed by atoms with Crippen molar-refractivity contribution in [2.75, 3.05) is 40.7 Å². The van der Waals surface area contributed by atoms with Crippen molar-refractivity contribution in [2.24, 2.45) is 0 Å². The Bertz CT molecular complexity index is 1550. The Kier molecular flexibility index (Phi) is 10.8. The van der Waals surface area contributed by atoms with E-state index in [9.17, 15) is 22.7 Å². The number of carboxylic acids is 1. The van der Waals surface area contributed by atoms with Gasteiger partial charge in [0, 0.05) is 42.9 Å². The molecule has 39 heavy (non-hydrogen) atoms. The number of nitrogens with one attached hydrogen (secondary N) is 1. The molecular formula is C26H26Cl3FN4O4S. The van der Waals surface area contributed by atoms with Gasteiger partial charge in [-0.05, 0) is 54.6 Å². The molecule has 0 unspecified atom stereocenters. The molecule has 3 aromatic carbocycles. The number of carboxylic acid groups (broad SMARTS) is 1. The van der Waals surface area contributed by atoms with Crippen LogP contribution in [0, 0.1) is 5.82 Å². The number of sulfonamides is 1. The monoisotopic (exact) mass is 614 g/mol. The first-order valence-corrected chi connectivity index (χ1v) is 12.8. The molecule has 5 rings (SSSR count). The number of piperazine rings is 1. The molecule has 1 aliphatic rings. The van der Waals surface area contributed by atoms with Crippen LogP contribution >= 0.6 is 37.2 Å². The Hall–Kier alpha value is -3.31. The summed E-state index contributed by atoms with van der Waals surface area (Å²) in [6, 6.07) is 20.8. The Morgan fingerprint density at radius 1 is 0.846 bits per heavy atom. The molecule has 0 bridgehead atoms. The zero-order chi connectivity index (χ0) is 25.3. The van der Waals surface area contributed by atoms with Crippen LogP contribution in [0.3, 0.4) is 0 Å². The number of aromatic carboxylic acids is 1. The van der Waals surface area contributed by atoms with Gasteiger partial charge in [0.05, 0.1) is 16.0 Å². The predicted octanol–water partition coefficient (Wildman–Crippen LogP) is 5.46. The van der Waals surface area contributed by atoms with Gasteiger partial charge in [0.1, 0.15) is 11.6 Å². The minimum Gasteiger partial charge on any atom is -0.478 e. The summed E-state index contributed by atoms with van der Waals surface area (Å²) >= 11 is 0. The molecule has 0 atom stereocenters. The number of rotatable bonds is 6. The number of para-hydroxylation sites is 1. The summed E-state index contributed by atoms with van der Waals surface area (Å²) in [5.41, 5.74) is 1.75. The average molecular weight is 616 g/mol. The fraction of sp³-hybridized carbons (Fsp3) is 0.154. The highest BCUT2D eigenvalue weighted by Crippen LogP contribution is 2.28. The van der Waals surface area contributed by atoms with Crippen LogP contribution in [0.5, 0.6) is 0 Å². The van der Waals surface area contributed by atoms with Gasteiger partial charge in [-0.25, -0.2) is 22.6 Å². The van der Waals surface area contributed by atoms with Gasteiger partial charge in [-0.1, -0.05) is 24.3 Å². The molecule has 2 heterocycles. The number of nitrogens with zero attached hydrogens (tertiary/aromatic N) is 3. The van der Waals surface area contributed by atoms with Gasteiger partial charge in [0.15, 0.2) is 0 Å². The highest BCUT2D eigenvalue weighted by Gasteiger charge is 2.22. The predicted molar refractivity (Wildman–Crippen MR) is 159 cm³/mol. The van der Waals surface area contributed by atoms with Crippen LogP contribution in [0.2, 0.25) is 0 Å². The van der Waals surface area contributed by atoms with Gasteiger partial charge in [0.25, 0.3) is 10.0 Å². The van der Waals surface area contributed by atoms with Gasteiger partial charge < -0.3 is 14.9 Å². The Labute approximate surface area is 244 Å². The second-order valence-electron chi connectivity index (χ2n) is 8.44. The van der Waals surface area contributed by atoms with E-state index in [0.717, 1.165) is 30.9 Å². The molecule has 1 fully saturated rings. The van der Waals surface area contributed by atoms with Crippen LogP contribution in [0.25, 0.3) is 10.9 Å². The fourth-order valence-corrected chi connectivity index (χ4v) is 5.38. The number of hydrogen-bond acceptors (Lipinski definition) is 6. The summed E-state index contributed by atoms with van der Waals surface area (Å²) in [6.07, 6.45) is 0. The number of hydrogen-bond donors (Lipinski definition) is 2. The lowest BCUT2D eigenvalue weighted by Crippen LogP contribution is -2.46. The van der Waals surface area contributed by atoms with Crippen molar-refractivity contribution in [2.45, 2.75) is 4.90 Å². The Balaban J connectivity index is 0.00000178. The summed E-state index contributed by atoms with van der Waals surface area (Å²) < 4.78 is 41.3. The molecule has 13 heteroatoms. The second-order valence-corrected chi connectivity index (χ2v) is 10.1. The molecule has 1 saturated heterocycles. The normalized spacial score (nSPS) is 13.1. The maximum atomic E-state index is 13.5. The van der Waals surface area contributed by atoms with Gasteiger partial charge in [-0.15, -0.1) is 37.2 Å². The molecule has 1 aromatic heterocycles. The first kappa shape index (κ1) is 31.9. The fourth-order valence-electron chi connectivity index (χ4n) is 4.30. The van der Waals surface area contributed by atoms with Crippen molar-refractivity contribution in [1.29, 1.82) is 0 Å². The Morgan fingerprint density at radius 2 is 1.51 bits per heavy atom. The molecule has 8 nitrogen and oxygen atoms in total. The lowest BCUT2D eigenvalue weighted by atomic mass is 10.1. The van der Waals surface area contributed by atoms with Crippen LogP contribution in [-0.4, -0.2) is 50.7 Å². The van der Waals surface area contributed by atoms with Crippen molar-refractivity contribution in [1.82, 2.24) is 4.98 Å². The van der Waals surface area contributed by atoms with Crippen LogP contribution in [0.4, 0.5) is 21.6 Å². The van der Waals surface area contributed by atoms with Crippen molar-refractivity contribution in [3.05, 3.63) is 90.2 Å². The number of halogens is 4. The van der Waals surface area contributed by atoms with E-state index in [-0.39, 0.29) is 53.4 Å². The van der Waals surface area contributed by atoms with Crippen molar-refractivity contribution >= 4 is 81.3 Å². The number of carbonyl (C=O) groups is 1. The third kappa shape index (κ3) is 7.02. The van der Waals surface area contributed by atoms with Crippen LogP contribution in [0.15, 0.2) is 83.8 Å². The molecule has 2 N–H and O–H groups in total. The molecule has 0 radical (unpaired) electrons. The highest BCUT2D eigenvalue weighted by molar-refractivity contribution is 7.92. The number of aromatic nitrogens is 1. The van der Waals surface area contributed by atoms with Crippen LogP contribution < -0.4 is 14.5 Å². The van der Waals surface area contributed by atoms with E-state index in [1.807, 2.05) is 23.1 Å². The van der Waals surface area contributed by atoms with E-state index in [2.05, 4.69) is 26.7 Å². The summed E-state index contributed by atoms with van der Waals surface area (Å²) in [6.45, 7) is 2.90. The molecule has 0 amide bonds. The van der Waals surface area contributed by atoms with Gasteiger partial charge >= 0.3 is 5.97 Å². The van der Waals surface area contributed by atoms with E-state index in [1.54, 1.807) is 6.07 Å². The molecule has 4 aromatic rings. The zero-order valence-corrected chi connectivity index (χ0v) is 23.6. The average Bonchev–Trinajstić information content (AvgIpc) is 2.88. The summed E-state index contributed by atoms with van der Waals surface area (Å²) in [4.78, 5) is 20.9. The summed E-state index contributed by atoms with van der Waals surface area (Å²) in [5, 5.41) is 10.2. The number of anilines is 3. The maximum Gasteiger partial charge on any atom is 0.336 e.